The molecule has 0 amide bonds. The fourth-order valence-corrected chi connectivity index (χ4v) is 0.430. The summed E-state index contributed by atoms with van der Waals surface area (Å²) >= 11 is 0. The summed E-state index contributed by atoms with van der Waals surface area (Å²) in [5.74, 6) is -12.4. The van der Waals surface area contributed by atoms with Crippen LogP contribution in [0.1, 0.15) is 0 Å². The number of hydrogen-bond donors (Lipinski definition) is 0. The van der Waals surface area contributed by atoms with E-state index in [1.165, 1.54) is 0 Å². The summed E-state index contributed by atoms with van der Waals surface area (Å²) in [6, 6.07) is 0. The molecule has 0 fully saturated rings. The molecule has 0 rings (SSSR count). The number of rotatable bonds is 3. The van der Waals surface area contributed by atoms with Crippen LogP contribution < -0.4 is 0 Å². The largest absolute Gasteiger partial charge is 0.465 e. The zero-order valence-electron chi connectivity index (χ0n) is 7.40. The van der Waals surface area contributed by atoms with Gasteiger partial charge in [-0.2, -0.15) is 22.0 Å². The van der Waals surface area contributed by atoms with E-state index in [-0.39, 0.29) is 0 Å². The number of carbonyl (C=O) groups excluding carboxylic acids is 2. The van der Waals surface area contributed by atoms with Crippen molar-refractivity contribution in [3.63, 3.8) is 0 Å². The molecule has 1 atom stereocenters. The Morgan fingerprint density at radius 1 is 0.941 bits per heavy atom. The zero-order chi connectivity index (χ0) is 14.0. The molecule has 0 saturated carbocycles. The Morgan fingerprint density at radius 3 is 1.65 bits per heavy atom. The van der Waals surface area contributed by atoms with Crippen LogP contribution in [0.2, 0.25) is 0 Å². The van der Waals surface area contributed by atoms with E-state index in [1.807, 2.05) is 0 Å². The first-order valence-corrected chi connectivity index (χ1v) is 3.54. The molecular weight excluding hydrogens is 272 g/mol. The molecule has 0 radical (unpaired) electrons. The molecule has 0 N–H and O–H groups in total. The number of ether oxygens (including phenoxy) is 1. The predicted octanol–water partition coefficient (Wildman–Crippen LogP) is 1.86. The fourth-order valence-electron chi connectivity index (χ4n) is 0.430. The Balaban J connectivity index is 4.73. The molecule has 11 heteroatoms. The second-order valence-electron chi connectivity index (χ2n) is 2.52. The maximum atomic E-state index is 12.1. The van der Waals surface area contributed by atoms with E-state index < -0.39 is 36.6 Å². The highest BCUT2D eigenvalue weighted by atomic mass is 19.4. The summed E-state index contributed by atoms with van der Waals surface area (Å²) in [7, 11) is 0. The van der Waals surface area contributed by atoms with Crippen molar-refractivity contribution in [1.82, 2.24) is 0 Å². The molecule has 0 aromatic heterocycles. The van der Waals surface area contributed by atoms with E-state index in [4.69, 9.17) is 0 Å². The van der Waals surface area contributed by atoms with Crippen LogP contribution in [0.4, 0.5) is 35.1 Å². The smallest absolute Gasteiger partial charge is 0.386 e. The highest BCUT2D eigenvalue weighted by Crippen LogP contribution is 2.36. The SMILES string of the molecule is O=C(OC(=O)C(F)(F)C(F)(F)F)C(F)C(F)F. The predicted molar refractivity (Wildman–Crippen MR) is 33.0 cm³/mol. The summed E-state index contributed by atoms with van der Waals surface area (Å²) in [6.07, 6.45) is -14.2. The molecule has 0 aromatic rings. The number of carbonyl (C=O) groups is 2. The third-order valence-electron chi connectivity index (χ3n) is 1.25. The molecule has 0 aliphatic carbocycles. The highest BCUT2D eigenvalue weighted by Gasteiger charge is 2.65. The monoisotopic (exact) mass is 274 g/mol. The number of alkyl halides is 8. The maximum absolute atomic E-state index is 12.1. The van der Waals surface area contributed by atoms with Gasteiger partial charge in [0, 0.05) is 0 Å². The van der Waals surface area contributed by atoms with Crippen molar-refractivity contribution < 1.29 is 49.4 Å². The maximum Gasteiger partial charge on any atom is 0.465 e. The first-order valence-electron chi connectivity index (χ1n) is 3.54. The van der Waals surface area contributed by atoms with Crippen molar-refractivity contribution in [2.45, 2.75) is 24.7 Å². The molecule has 17 heavy (non-hydrogen) atoms. The fraction of sp³-hybridized carbons (Fsp3) is 0.667. The number of hydrogen-bond acceptors (Lipinski definition) is 3. The van der Waals surface area contributed by atoms with Gasteiger partial charge in [0.2, 0.25) is 0 Å². The van der Waals surface area contributed by atoms with Crippen LogP contribution in [0.25, 0.3) is 0 Å². The lowest BCUT2D eigenvalue weighted by Gasteiger charge is -2.17. The standard InChI is InChI=1S/C6H2F8O3/c7-1(2(8)9)3(15)17-4(16)5(10,11)6(12,13)14/h1-2H. The van der Waals surface area contributed by atoms with Crippen LogP contribution in [0.5, 0.6) is 0 Å². The first-order chi connectivity index (χ1) is 7.41. The summed E-state index contributed by atoms with van der Waals surface area (Å²) in [4.78, 5) is 20.3. The Hall–Kier alpha value is -1.42. The molecule has 0 heterocycles. The van der Waals surface area contributed by atoms with Crippen LogP contribution in [0, 0.1) is 0 Å². The normalized spacial score (nSPS) is 14.6. The van der Waals surface area contributed by atoms with Crippen molar-refractivity contribution in [1.29, 1.82) is 0 Å². The Morgan fingerprint density at radius 2 is 1.35 bits per heavy atom. The van der Waals surface area contributed by atoms with Gasteiger partial charge in [-0.3, -0.25) is 0 Å². The van der Waals surface area contributed by atoms with Gasteiger partial charge in [-0.05, 0) is 0 Å². The quantitative estimate of drug-likeness (QED) is 0.448. The molecule has 0 saturated heterocycles. The topological polar surface area (TPSA) is 43.4 Å². The second kappa shape index (κ2) is 4.84. The Bertz CT molecular complexity index is 309. The lowest BCUT2D eigenvalue weighted by atomic mass is 10.3. The first kappa shape index (κ1) is 15.6. The second-order valence-corrected chi connectivity index (χ2v) is 2.52. The van der Waals surface area contributed by atoms with E-state index in [0.29, 0.717) is 0 Å². The average Bonchev–Trinajstić information content (AvgIpc) is 2.14. The summed E-state index contributed by atoms with van der Waals surface area (Å²) < 4.78 is 96.3. The Labute approximate surface area is 87.3 Å². The van der Waals surface area contributed by atoms with Gasteiger partial charge in [-0.25, -0.2) is 22.8 Å². The molecule has 0 spiro atoms. The van der Waals surface area contributed by atoms with Crippen molar-refractivity contribution >= 4 is 11.9 Å². The molecular formula is C6H2F8O3. The lowest BCUT2D eigenvalue weighted by Crippen LogP contribution is -2.47. The third-order valence-corrected chi connectivity index (χ3v) is 1.25. The molecule has 1 unspecified atom stereocenters. The van der Waals surface area contributed by atoms with Crippen LogP contribution in [0.15, 0.2) is 0 Å². The molecule has 0 aromatic carbocycles. The van der Waals surface area contributed by atoms with Crippen LogP contribution in [-0.4, -0.2) is 36.6 Å². The third kappa shape index (κ3) is 3.53. The van der Waals surface area contributed by atoms with E-state index in [0.717, 1.165) is 0 Å². The molecule has 3 nitrogen and oxygen atoms in total. The number of esters is 2. The minimum Gasteiger partial charge on any atom is -0.386 e. The zero-order valence-corrected chi connectivity index (χ0v) is 7.40. The van der Waals surface area contributed by atoms with Crippen molar-refractivity contribution in [3.8, 4) is 0 Å². The van der Waals surface area contributed by atoms with E-state index in [9.17, 15) is 44.7 Å². The minimum absolute atomic E-state index is 2.66. The average molecular weight is 274 g/mol. The van der Waals surface area contributed by atoms with Gasteiger partial charge < -0.3 is 4.74 Å². The molecule has 0 aliphatic heterocycles. The summed E-state index contributed by atoms with van der Waals surface area (Å²) in [6.45, 7) is 0. The van der Waals surface area contributed by atoms with Gasteiger partial charge in [0.25, 0.3) is 12.6 Å². The van der Waals surface area contributed by atoms with E-state index in [2.05, 4.69) is 4.74 Å². The van der Waals surface area contributed by atoms with Gasteiger partial charge in [-0.15, -0.1) is 0 Å². The molecule has 0 bridgehead atoms. The van der Waals surface area contributed by atoms with Crippen LogP contribution in [-0.2, 0) is 14.3 Å². The van der Waals surface area contributed by atoms with Crippen molar-refractivity contribution in [2.24, 2.45) is 0 Å². The van der Waals surface area contributed by atoms with Gasteiger partial charge >= 0.3 is 24.0 Å². The minimum atomic E-state index is -6.39. The van der Waals surface area contributed by atoms with Crippen molar-refractivity contribution in [2.75, 3.05) is 0 Å². The summed E-state index contributed by atoms with van der Waals surface area (Å²) in [5, 5.41) is 0. The van der Waals surface area contributed by atoms with Gasteiger partial charge in [0.05, 0.1) is 0 Å². The van der Waals surface area contributed by atoms with E-state index in [1.54, 1.807) is 0 Å². The number of halogens is 8. The molecule has 0 aliphatic rings. The van der Waals surface area contributed by atoms with Crippen LogP contribution >= 0.6 is 0 Å². The van der Waals surface area contributed by atoms with Gasteiger partial charge in [-0.1, -0.05) is 0 Å². The molecule has 100 valence electrons. The Kier molecular flexibility index (Phi) is 4.43. The highest BCUT2D eigenvalue weighted by molar-refractivity contribution is 5.91. The van der Waals surface area contributed by atoms with Crippen LogP contribution in [0.3, 0.4) is 0 Å². The lowest BCUT2D eigenvalue weighted by molar-refractivity contribution is -0.279. The summed E-state index contributed by atoms with van der Waals surface area (Å²) in [5.41, 5.74) is 0. The van der Waals surface area contributed by atoms with E-state index >= 15 is 0 Å². The van der Waals surface area contributed by atoms with Crippen molar-refractivity contribution in [3.05, 3.63) is 0 Å². The van der Waals surface area contributed by atoms with Gasteiger partial charge in [0.15, 0.2) is 0 Å². The van der Waals surface area contributed by atoms with Gasteiger partial charge in [0.1, 0.15) is 0 Å².